The van der Waals surface area contributed by atoms with E-state index in [-0.39, 0.29) is 11.6 Å². The number of carbonyl (C=O) groups excluding carboxylic acids is 1. The summed E-state index contributed by atoms with van der Waals surface area (Å²) in [6.45, 7) is 9.52. The number of nitrogens with zero attached hydrogens (tertiary/aromatic N) is 1. The second-order valence-corrected chi connectivity index (χ2v) is 6.27. The maximum atomic E-state index is 12.1. The van der Waals surface area contributed by atoms with E-state index in [2.05, 4.69) is 5.32 Å². The largest absolute Gasteiger partial charge is 0.444 e. The number of nitrogens with one attached hydrogen (secondary N) is 1. The van der Waals surface area contributed by atoms with Crippen molar-refractivity contribution < 1.29 is 14.3 Å². The van der Waals surface area contributed by atoms with Gasteiger partial charge in [-0.05, 0) is 40.2 Å². The number of hydrogen-bond donors (Lipinski definition) is 1. The number of amides is 1. The van der Waals surface area contributed by atoms with Crippen LogP contribution in [0.4, 0.5) is 4.79 Å². The average Bonchev–Trinajstić information content (AvgIpc) is 2.57. The predicted octanol–water partition coefficient (Wildman–Crippen LogP) is 1.38. The average molecular weight is 256 g/mol. The third-order valence-electron chi connectivity index (χ3n) is 3.35. The molecule has 2 aliphatic rings. The first-order valence-electron chi connectivity index (χ1n) is 6.71. The van der Waals surface area contributed by atoms with Crippen molar-refractivity contribution in [1.29, 1.82) is 0 Å². The van der Waals surface area contributed by atoms with Crippen LogP contribution in [0.1, 0.15) is 33.6 Å². The van der Waals surface area contributed by atoms with Crippen LogP contribution in [0.15, 0.2) is 0 Å². The lowest BCUT2D eigenvalue weighted by atomic mass is 9.98. The molecule has 0 saturated carbocycles. The number of rotatable bonds is 0. The summed E-state index contributed by atoms with van der Waals surface area (Å²) >= 11 is 0. The normalized spacial score (nSPS) is 29.4. The number of hydrogen-bond acceptors (Lipinski definition) is 4. The summed E-state index contributed by atoms with van der Waals surface area (Å²) in [4.78, 5) is 14.0. The highest BCUT2D eigenvalue weighted by Gasteiger charge is 2.39. The summed E-state index contributed by atoms with van der Waals surface area (Å²) in [5.74, 6) is 0. The minimum Gasteiger partial charge on any atom is -0.444 e. The Labute approximate surface area is 109 Å². The molecular weight excluding hydrogens is 232 g/mol. The minimum atomic E-state index is -0.434. The first-order valence-corrected chi connectivity index (χ1v) is 6.71. The molecule has 2 saturated heterocycles. The molecule has 2 aliphatic heterocycles. The Balaban J connectivity index is 2.01. The second-order valence-electron chi connectivity index (χ2n) is 6.27. The quantitative estimate of drug-likeness (QED) is 0.711. The van der Waals surface area contributed by atoms with Gasteiger partial charge in [-0.2, -0.15) is 0 Å². The van der Waals surface area contributed by atoms with Crippen LogP contribution in [0.3, 0.4) is 0 Å². The SMILES string of the molecule is CC(C)(C)OC(=O)N1CCCNC2(CCOC2)C1. The lowest BCUT2D eigenvalue weighted by Crippen LogP contribution is -2.53. The van der Waals surface area contributed by atoms with Gasteiger partial charge in [0.05, 0.1) is 12.1 Å². The van der Waals surface area contributed by atoms with E-state index < -0.39 is 5.60 Å². The fourth-order valence-electron chi connectivity index (χ4n) is 2.48. The minimum absolute atomic E-state index is 0.0621. The molecule has 104 valence electrons. The molecule has 2 fully saturated rings. The zero-order valence-corrected chi connectivity index (χ0v) is 11.6. The summed E-state index contributed by atoms with van der Waals surface area (Å²) in [7, 11) is 0. The van der Waals surface area contributed by atoms with Gasteiger partial charge >= 0.3 is 6.09 Å². The summed E-state index contributed by atoms with van der Waals surface area (Å²) < 4.78 is 10.9. The Morgan fingerprint density at radius 1 is 1.44 bits per heavy atom. The Bertz CT molecular complexity index is 306. The van der Waals surface area contributed by atoms with Gasteiger partial charge < -0.3 is 19.7 Å². The monoisotopic (exact) mass is 256 g/mol. The zero-order chi connectivity index (χ0) is 13.2. The third kappa shape index (κ3) is 3.36. The highest BCUT2D eigenvalue weighted by Crippen LogP contribution is 2.23. The topological polar surface area (TPSA) is 50.8 Å². The van der Waals surface area contributed by atoms with E-state index in [0.29, 0.717) is 13.2 Å². The van der Waals surface area contributed by atoms with Gasteiger partial charge in [0.25, 0.3) is 0 Å². The van der Waals surface area contributed by atoms with E-state index in [1.54, 1.807) is 0 Å². The summed E-state index contributed by atoms with van der Waals surface area (Å²) in [6, 6.07) is 0. The van der Waals surface area contributed by atoms with Crippen LogP contribution in [0.25, 0.3) is 0 Å². The van der Waals surface area contributed by atoms with Crippen molar-refractivity contribution in [2.75, 3.05) is 32.8 Å². The molecule has 18 heavy (non-hydrogen) atoms. The molecule has 0 aromatic rings. The van der Waals surface area contributed by atoms with Crippen molar-refractivity contribution in [2.45, 2.75) is 44.8 Å². The van der Waals surface area contributed by atoms with E-state index in [1.807, 2.05) is 25.7 Å². The lowest BCUT2D eigenvalue weighted by molar-refractivity contribution is 0.0210. The number of carbonyl (C=O) groups is 1. The molecular formula is C13H24N2O3. The van der Waals surface area contributed by atoms with E-state index in [4.69, 9.17) is 9.47 Å². The smallest absolute Gasteiger partial charge is 0.410 e. The first-order chi connectivity index (χ1) is 8.40. The molecule has 2 rings (SSSR count). The van der Waals surface area contributed by atoms with Gasteiger partial charge in [0, 0.05) is 19.7 Å². The van der Waals surface area contributed by atoms with Crippen LogP contribution in [0, 0.1) is 0 Å². The van der Waals surface area contributed by atoms with Crippen LogP contribution in [0.2, 0.25) is 0 Å². The van der Waals surface area contributed by atoms with Gasteiger partial charge in [0.15, 0.2) is 0 Å². The van der Waals surface area contributed by atoms with E-state index >= 15 is 0 Å². The Kier molecular flexibility index (Phi) is 3.82. The predicted molar refractivity (Wildman–Crippen MR) is 68.6 cm³/mol. The molecule has 0 aromatic carbocycles. The van der Waals surface area contributed by atoms with Crippen molar-refractivity contribution in [1.82, 2.24) is 10.2 Å². The molecule has 2 heterocycles. The molecule has 5 nitrogen and oxygen atoms in total. The fourth-order valence-corrected chi connectivity index (χ4v) is 2.48. The Morgan fingerprint density at radius 3 is 2.83 bits per heavy atom. The van der Waals surface area contributed by atoms with Crippen LogP contribution in [-0.4, -0.2) is 55.0 Å². The summed E-state index contributed by atoms with van der Waals surface area (Å²) in [5.41, 5.74) is -0.496. The van der Waals surface area contributed by atoms with Gasteiger partial charge in [0.1, 0.15) is 5.60 Å². The van der Waals surface area contributed by atoms with Crippen LogP contribution in [0.5, 0.6) is 0 Å². The van der Waals surface area contributed by atoms with Gasteiger partial charge in [-0.25, -0.2) is 4.79 Å². The van der Waals surface area contributed by atoms with E-state index in [1.165, 1.54) is 0 Å². The van der Waals surface area contributed by atoms with Crippen molar-refractivity contribution in [3.63, 3.8) is 0 Å². The highest BCUT2D eigenvalue weighted by molar-refractivity contribution is 5.68. The lowest BCUT2D eigenvalue weighted by Gasteiger charge is -2.33. The van der Waals surface area contributed by atoms with Crippen molar-refractivity contribution in [3.05, 3.63) is 0 Å². The van der Waals surface area contributed by atoms with Gasteiger partial charge in [-0.1, -0.05) is 0 Å². The van der Waals surface area contributed by atoms with Crippen molar-refractivity contribution >= 4 is 6.09 Å². The standard InChI is InChI=1S/C13H24N2O3/c1-12(2,3)18-11(16)15-7-4-6-14-13(9-15)5-8-17-10-13/h14H,4-10H2,1-3H3. The molecule has 0 bridgehead atoms. The molecule has 0 aliphatic carbocycles. The molecule has 1 N–H and O–H groups in total. The van der Waals surface area contributed by atoms with Crippen molar-refractivity contribution in [3.8, 4) is 0 Å². The third-order valence-corrected chi connectivity index (χ3v) is 3.35. The van der Waals surface area contributed by atoms with Crippen LogP contribution >= 0.6 is 0 Å². The van der Waals surface area contributed by atoms with Gasteiger partial charge in [0.2, 0.25) is 0 Å². The van der Waals surface area contributed by atoms with Crippen LogP contribution < -0.4 is 5.32 Å². The molecule has 0 aromatic heterocycles. The molecule has 5 heteroatoms. The molecule has 1 spiro atoms. The molecule has 0 radical (unpaired) electrons. The Hall–Kier alpha value is -0.810. The number of ether oxygens (including phenoxy) is 2. The second kappa shape index (κ2) is 5.05. The maximum Gasteiger partial charge on any atom is 0.410 e. The van der Waals surface area contributed by atoms with Crippen molar-refractivity contribution in [2.24, 2.45) is 0 Å². The van der Waals surface area contributed by atoms with E-state index in [0.717, 1.165) is 32.5 Å². The molecule has 1 amide bonds. The maximum absolute atomic E-state index is 12.1. The van der Waals surface area contributed by atoms with Crippen LogP contribution in [-0.2, 0) is 9.47 Å². The fraction of sp³-hybridized carbons (Fsp3) is 0.923. The molecule has 1 atom stereocenters. The summed E-state index contributed by atoms with van der Waals surface area (Å²) in [5, 5.41) is 3.53. The first kappa shape index (κ1) is 13.6. The Morgan fingerprint density at radius 2 is 2.22 bits per heavy atom. The molecule has 1 unspecified atom stereocenters. The van der Waals surface area contributed by atoms with Gasteiger partial charge in [-0.15, -0.1) is 0 Å². The summed E-state index contributed by atoms with van der Waals surface area (Å²) in [6.07, 6.45) is 1.71. The van der Waals surface area contributed by atoms with E-state index in [9.17, 15) is 4.79 Å². The highest BCUT2D eigenvalue weighted by atomic mass is 16.6. The zero-order valence-electron chi connectivity index (χ0n) is 11.6. The van der Waals surface area contributed by atoms with Gasteiger partial charge in [-0.3, -0.25) is 0 Å².